The molecule has 1 fully saturated rings. The van der Waals surface area contributed by atoms with Gasteiger partial charge >= 0.3 is 12.0 Å². The lowest BCUT2D eigenvalue weighted by Gasteiger charge is -2.24. The van der Waals surface area contributed by atoms with Gasteiger partial charge in [-0.15, -0.1) is 0 Å². The number of aliphatic carboxylic acids is 1. The second-order valence-electron chi connectivity index (χ2n) is 5.44. The van der Waals surface area contributed by atoms with Crippen molar-refractivity contribution in [2.75, 3.05) is 18.4 Å². The van der Waals surface area contributed by atoms with E-state index in [1.165, 1.54) is 0 Å². The molecule has 21 heavy (non-hydrogen) atoms. The van der Waals surface area contributed by atoms with Crippen LogP contribution >= 0.6 is 15.9 Å². The molecule has 5 nitrogen and oxygen atoms in total. The van der Waals surface area contributed by atoms with Gasteiger partial charge in [-0.2, -0.15) is 0 Å². The topological polar surface area (TPSA) is 69.6 Å². The molecule has 1 aromatic rings. The quantitative estimate of drug-likeness (QED) is 0.868. The average molecular weight is 355 g/mol. The van der Waals surface area contributed by atoms with Crippen LogP contribution in [-0.2, 0) is 4.79 Å². The number of amides is 2. The maximum atomic E-state index is 12.2. The number of carboxylic acid groups (broad SMARTS) is 1. The second kappa shape index (κ2) is 6.47. The molecule has 0 radical (unpaired) electrons. The van der Waals surface area contributed by atoms with Crippen LogP contribution in [0.4, 0.5) is 10.5 Å². The molecule has 2 N–H and O–H groups in total. The highest BCUT2D eigenvalue weighted by Crippen LogP contribution is 2.35. The SMILES string of the molecule is CCCC1(C(=O)O)CCN(C(=O)Nc2ccc(Br)cc2)C1. The summed E-state index contributed by atoms with van der Waals surface area (Å²) in [5.74, 6) is -0.803. The number of rotatable bonds is 4. The van der Waals surface area contributed by atoms with Gasteiger partial charge < -0.3 is 15.3 Å². The Morgan fingerprint density at radius 1 is 1.38 bits per heavy atom. The summed E-state index contributed by atoms with van der Waals surface area (Å²) in [5, 5.41) is 12.3. The molecular weight excluding hydrogens is 336 g/mol. The number of carbonyl (C=O) groups is 2. The van der Waals surface area contributed by atoms with Gasteiger partial charge in [-0.3, -0.25) is 4.79 Å². The molecule has 1 saturated heterocycles. The van der Waals surface area contributed by atoms with Crippen molar-refractivity contribution < 1.29 is 14.7 Å². The van der Waals surface area contributed by atoms with Crippen molar-refractivity contribution in [2.24, 2.45) is 5.41 Å². The molecule has 2 rings (SSSR count). The predicted octanol–water partition coefficient (Wildman–Crippen LogP) is 3.56. The highest BCUT2D eigenvalue weighted by atomic mass is 79.9. The van der Waals surface area contributed by atoms with E-state index in [4.69, 9.17) is 0 Å². The molecule has 1 heterocycles. The maximum absolute atomic E-state index is 12.2. The molecular formula is C15H19BrN2O3. The van der Waals surface area contributed by atoms with Gasteiger partial charge in [0.1, 0.15) is 0 Å². The smallest absolute Gasteiger partial charge is 0.321 e. The molecule has 0 aromatic heterocycles. The minimum atomic E-state index is -0.803. The Morgan fingerprint density at radius 3 is 2.62 bits per heavy atom. The zero-order chi connectivity index (χ0) is 15.5. The number of carboxylic acids is 1. The standard InChI is InChI=1S/C15H19BrN2O3/c1-2-7-15(13(19)20)8-9-18(10-15)14(21)17-12-5-3-11(16)4-6-12/h3-6H,2,7-10H2,1H3,(H,17,21)(H,19,20). The summed E-state index contributed by atoms with van der Waals surface area (Å²) in [6, 6.07) is 7.05. The summed E-state index contributed by atoms with van der Waals surface area (Å²) in [5.41, 5.74) is -0.0854. The van der Waals surface area contributed by atoms with Crippen LogP contribution in [0.5, 0.6) is 0 Å². The van der Waals surface area contributed by atoms with Crippen LogP contribution in [0.2, 0.25) is 0 Å². The number of hydrogen-bond acceptors (Lipinski definition) is 2. The third kappa shape index (κ3) is 3.56. The van der Waals surface area contributed by atoms with Gasteiger partial charge in [-0.25, -0.2) is 4.79 Å². The summed E-state index contributed by atoms with van der Waals surface area (Å²) in [7, 11) is 0. The van der Waals surface area contributed by atoms with Gasteiger partial charge in [-0.05, 0) is 37.1 Å². The third-order valence-corrected chi connectivity index (χ3v) is 4.45. The minimum absolute atomic E-state index is 0.239. The summed E-state index contributed by atoms with van der Waals surface area (Å²) in [6.07, 6.45) is 1.92. The van der Waals surface area contributed by atoms with Gasteiger partial charge in [0.2, 0.25) is 0 Å². The first-order chi connectivity index (χ1) is 9.97. The van der Waals surface area contributed by atoms with E-state index >= 15 is 0 Å². The first-order valence-corrected chi connectivity index (χ1v) is 7.81. The Hall–Kier alpha value is -1.56. The molecule has 0 spiro atoms. The van der Waals surface area contributed by atoms with Crippen molar-refractivity contribution in [1.29, 1.82) is 0 Å². The Bertz CT molecular complexity index is 532. The van der Waals surface area contributed by atoms with Crippen LogP contribution in [0.1, 0.15) is 26.2 Å². The summed E-state index contributed by atoms with van der Waals surface area (Å²) in [6.45, 7) is 2.72. The minimum Gasteiger partial charge on any atom is -0.481 e. The van der Waals surface area contributed by atoms with E-state index in [1.54, 1.807) is 17.0 Å². The predicted molar refractivity (Wildman–Crippen MR) is 84.3 cm³/mol. The molecule has 6 heteroatoms. The van der Waals surface area contributed by atoms with E-state index in [2.05, 4.69) is 21.2 Å². The number of urea groups is 1. The molecule has 1 aliphatic rings. The second-order valence-corrected chi connectivity index (χ2v) is 6.36. The lowest BCUT2D eigenvalue weighted by atomic mass is 9.83. The molecule has 1 unspecified atom stereocenters. The number of nitrogens with one attached hydrogen (secondary N) is 1. The van der Waals surface area contributed by atoms with Crippen LogP contribution in [0, 0.1) is 5.41 Å². The normalized spacial score (nSPS) is 21.3. The molecule has 2 amide bonds. The van der Waals surface area contributed by atoms with Crippen LogP contribution < -0.4 is 5.32 Å². The van der Waals surface area contributed by atoms with Crippen molar-refractivity contribution in [2.45, 2.75) is 26.2 Å². The first-order valence-electron chi connectivity index (χ1n) is 7.02. The van der Waals surface area contributed by atoms with Crippen LogP contribution in [0.25, 0.3) is 0 Å². The number of nitrogens with zero attached hydrogens (tertiary/aromatic N) is 1. The number of likely N-dealkylation sites (tertiary alicyclic amines) is 1. The van der Waals surface area contributed by atoms with E-state index in [0.29, 0.717) is 25.1 Å². The number of carbonyl (C=O) groups excluding carboxylic acids is 1. The van der Waals surface area contributed by atoms with Crippen LogP contribution in [-0.4, -0.2) is 35.1 Å². The van der Waals surface area contributed by atoms with Crippen molar-refractivity contribution in [3.05, 3.63) is 28.7 Å². The maximum Gasteiger partial charge on any atom is 0.321 e. The van der Waals surface area contributed by atoms with E-state index in [0.717, 1.165) is 10.9 Å². The van der Waals surface area contributed by atoms with Crippen molar-refractivity contribution in [3.63, 3.8) is 0 Å². The van der Waals surface area contributed by atoms with Gasteiger partial charge in [0.15, 0.2) is 0 Å². The Kier molecular flexibility index (Phi) is 4.88. The monoisotopic (exact) mass is 354 g/mol. The Labute approximate surface area is 132 Å². The number of hydrogen-bond donors (Lipinski definition) is 2. The molecule has 1 aromatic carbocycles. The largest absolute Gasteiger partial charge is 0.481 e. The van der Waals surface area contributed by atoms with Crippen molar-refractivity contribution in [1.82, 2.24) is 4.90 Å². The lowest BCUT2D eigenvalue weighted by Crippen LogP contribution is -2.38. The van der Waals surface area contributed by atoms with E-state index in [9.17, 15) is 14.7 Å². The van der Waals surface area contributed by atoms with E-state index in [1.807, 2.05) is 19.1 Å². The zero-order valence-corrected chi connectivity index (χ0v) is 13.5. The summed E-state index contributed by atoms with van der Waals surface area (Å²) < 4.78 is 0.939. The first kappa shape index (κ1) is 15.8. The molecule has 0 aliphatic carbocycles. The number of halogens is 1. The van der Waals surface area contributed by atoms with Gasteiger partial charge in [0, 0.05) is 23.2 Å². The fourth-order valence-electron chi connectivity index (χ4n) is 2.75. The third-order valence-electron chi connectivity index (χ3n) is 3.92. The fourth-order valence-corrected chi connectivity index (χ4v) is 3.01. The Morgan fingerprint density at radius 2 is 2.05 bits per heavy atom. The Balaban J connectivity index is 2.01. The van der Waals surface area contributed by atoms with Gasteiger partial charge in [0.25, 0.3) is 0 Å². The molecule has 1 aliphatic heterocycles. The molecule has 0 saturated carbocycles. The fraction of sp³-hybridized carbons (Fsp3) is 0.467. The number of benzene rings is 1. The van der Waals surface area contributed by atoms with Crippen molar-refractivity contribution >= 4 is 33.6 Å². The van der Waals surface area contributed by atoms with Crippen molar-refractivity contribution in [3.8, 4) is 0 Å². The highest BCUT2D eigenvalue weighted by molar-refractivity contribution is 9.10. The van der Waals surface area contributed by atoms with Crippen LogP contribution in [0.15, 0.2) is 28.7 Å². The van der Waals surface area contributed by atoms with E-state index < -0.39 is 11.4 Å². The summed E-state index contributed by atoms with van der Waals surface area (Å²) >= 11 is 3.34. The molecule has 1 atom stereocenters. The molecule has 0 bridgehead atoms. The van der Waals surface area contributed by atoms with Gasteiger partial charge in [0.05, 0.1) is 5.41 Å². The van der Waals surface area contributed by atoms with Gasteiger partial charge in [-0.1, -0.05) is 29.3 Å². The number of anilines is 1. The average Bonchev–Trinajstić information content (AvgIpc) is 2.88. The summed E-state index contributed by atoms with van der Waals surface area (Å²) in [4.78, 5) is 25.3. The lowest BCUT2D eigenvalue weighted by molar-refractivity contribution is -0.148. The molecule has 114 valence electrons. The zero-order valence-electron chi connectivity index (χ0n) is 11.9. The van der Waals surface area contributed by atoms with Crippen LogP contribution in [0.3, 0.4) is 0 Å². The van der Waals surface area contributed by atoms with E-state index in [-0.39, 0.29) is 12.6 Å². The highest BCUT2D eigenvalue weighted by Gasteiger charge is 2.45.